The summed E-state index contributed by atoms with van der Waals surface area (Å²) < 4.78 is 16.8. The highest BCUT2D eigenvalue weighted by Gasteiger charge is 2.19. The number of hydrogen-bond donors (Lipinski definition) is 0. The molecule has 0 rings (SSSR count). The molecule has 0 bridgehead atoms. The summed E-state index contributed by atoms with van der Waals surface area (Å²) in [5.41, 5.74) is 0. The Morgan fingerprint density at radius 1 is 0.274 bits per heavy atom. The molecule has 73 heavy (non-hydrogen) atoms. The molecule has 0 saturated carbocycles. The first kappa shape index (κ1) is 70.9. The highest BCUT2D eigenvalue weighted by Crippen LogP contribution is 2.18. The average molecular weight is 1030 g/mol. The second kappa shape index (κ2) is 62.4. The minimum atomic E-state index is -0.770. The molecule has 430 valence electrons. The first-order chi connectivity index (χ1) is 36.0. The van der Waals surface area contributed by atoms with Crippen molar-refractivity contribution in [2.75, 3.05) is 13.2 Å². The molecule has 6 heteroatoms. The smallest absolute Gasteiger partial charge is 0.306 e. The molecule has 6 nitrogen and oxygen atoms in total. The van der Waals surface area contributed by atoms with Crippen LogP contribution >= 0.6 is 0 Å². The molecule has 0 aliphatic heterocycles. The van der Waals surface area contributed by atoms with E-state index < -0.39 is 6.10 Å². The van der Waals surface area contributed by atoms with Crippen LogP contribution in [0.25, 0.3) is 0 Å². The lowest BCUT2D eigenvalue weighted by Crippen LogP contribution is -2.30. The predicted molar refractivity (Wildman–Crippen MR) is 316 cm³/mol. The zero-order chi connectivity index (χ0) is 52.9. The molecule has 0 aromatic heterocycles. The Hall–Kier alpha value is -2.11. The predicted octanol–water partition coefficient (Wildman–Crippen LogP) is 22.2. The van der Waals surface area contributed by atoms with Crippen LogP contribution in [0, 0.1) is 0 Å². The maximum absolute atomic E-state index is 12.8. The molecule has 1 unspecified atom stereocenters. The topological polar surface area (TPSA) is 78.9 Å². The van der Waals surface area contributed by atoms with E-state index in [4.69, 9.17) is 14.2 Å². The zero-order valence-electron chi connectivity index (χ0n) is 49.4. The maximum Gasteiger partial charge on any atom is 0.306 e. The monoisotopic (exact) mass is 1030 g/mol. The Morgan fingerprint density at radius 3 is 0.767 bits per heavy atom. The van der Waals surface area contributed by atoms with Gasteiger partial charge in [-0.25, -0.2) is 0 Å². The van der Waals surface area contributed by atoms with Crippen LogP contribution in [0.15, 0.2) is 24.3 Å². The minimum Gasteiger partial charge on any atom is -0.462 e. The third kappa shape index (κ3) is 60.6. The molecule has 0 N–H and O–H groups in total. The molecule has 0 aromatic carbocycles. The Morgan fingerprint density at radius 2 is 0.493 bits per heavy atom. The Balaban J connectivity index is 3.95. The second-order valence-corrected chi connectivity index (χ2v) is 22.4. The number of allylic oxidation sites excluding steroid dienone is 4. The SMILES string of the molecule is CCCCCC/C=C\C/C=C\CCCCCCCCCC(=O)OC(COC(=O)CCCCCCCC)COC(=O)CCCCCCCCCCCCCCCCCCCCCCCCCCCCCCCCC. The van der Waals surface area contributed by atoms with Crippen LogP contribution in [-0.2, 0) is 28.6 Å². The molecular formula is C67H126O6. The molecule has 0 fully saturated rings. The van der Waals surface area contributed by atoms with Gasteiger partial charge in [0, 0.05) is 19.3 Å². The zero-order valence-corrected chi connectivity index (χ0v) is 49.4. The Labute approximate surface area is 455 Å². The number of unbranched alkanes of at least 4 members (excludes halogenated alkanes) is 46. The van der Waals surface area contributed by atoms with E-state index in [2.05, 4.69) is 45.1 Å². The minimum absolute atomic E-state index is 0.0699. The lowest BCUT2D eigenvalue weighted by atomic mass is 10.0. The number of rotatable bonds is 61. The van der Waals surface area contributed by atoms with Gasteiger partial charge in [-0.15, -0.1) is 0 Å². The van der Waals surface area contributed by atoms with Crippen LogP contribution in [0.1, 0.15) is 367 Å². The van der Waals surface area contributed by atoms with Gasteiger partial charge < -0.3 is 14.2 Å². The Bertz CT molecular complexity index is 1180. The normalized spacial score (nSPS) is 12.1. The molecule has 0 spiro atoms. The van der Waals surface area contributed by atoms with Crippen LogP contribution in [0.2, 0.25) is 0 Å². The van der Waals surface area contributed by atoms with E-state index in [9.17, 15) is 14.4 Å². The summed E-state index contributed by atoms with van der Waals surface area (Å²) in [5, 5.41) is 0. The quantitative estimate of drug-likeness (QED) is 0.0261. The van der Waals surface area contributed by atoms with Crippen molar-refractivity contribution in [3.8, 4) is 0 Å². The van der Waals surface area contributed by atoms with Gasteiger partial charge in [0.2, 0.25) is 0 Å². The average Bonchev–Trinajstić information content (AvgIpc) is 3.39. The summed E-state index contributed by atoms with van der Waals surface area (Å²) in [6, 6.07) is 0. The van der Waals surface area contributed by atoms with Gasteiger partial charge in [0.15, 0.2) is 6.10 Å². The standard InChI is InChI=1S/C67H126O6/c1-4-7-10-13-16-18-20-22-24-26-28-29-30-31-32-33-34-35-36-37-38-39-40-42-43-45-47-49-51-54-57-60-66(69)72-63-64(62-71-65(68)59-56-53-15-12-9-6-3)73-67(70)61-58-55-52-50-48-46-44-41-27-25-23-21-19-17-14-11-8-5-2/h19,21,25,27,64H,4-18,20,22-24,26,28-63H2,1-3H3/b21-19-,27-25-. The summed E-state index contributed by atoms with van der Waals surface area (Å²) in [4.78, 5) is 38.0. The first-order valence-electron chi connectivity index (χ1n) is 32.8. The summed E-state index contributed by atoms with van der Waals surface area (Å²) in [6.45, 7) is 6.62. The second-order valence-electron chi connectivity index (χ2n) is 22.4. The molecule has 1 atom stereocenters. The van der Waals surface area contributed by atoms with Crippen molar-refractivity contribution >= 4 is 17.9 Å². The van der Waals surface area contributed by atoms with Gasteiger partial charge in [0.25, 0.3) is 0 Å². The van der Waals surface area contributed by atoms with E-state index in [-0.39, 0.29) is 31.1 Å². The highest BCUT2D eigenvalue weighted by atomic mass is 16.6. The molecule has 0 heterocycles. The summed E-state index contributed by atoms with van der Waals surface area (Å²) >= 11 is 0. The number of carbonyl (C=O) groups excluding carboxylic acids is 3. The lowest BCUT2D eigenvalue weighted by molar-refractivity contribution is -0.167. The number of ether oxygens (including phenoxy) is 3. The van der Waals surface area contributed by atoms with Crippen molar-refractivity contribution in [2.45, 2.75) is 374 Å². The van der Waals surface area contributed by atoms with E-state index in [1.807, 2.05) is 0 Å². The Kier molecular flexibility index (Phi) is 60.6. The third-order valence-corrected chi connectivity index (χ3v) is 15.0. The van der Waals surface area contributed by atoms with E-state index in [1.165, 1.54) is 257 Å². The van der Waals surface area contributed by atoms with Crippen molar-refractivity contribution in [1.29, 1.82) is 0 Å². The highest BCUT2D eigenvalue weighted by molar-refractivity contribution is 5.71. The third-order valence-electron chi connectivity index (χ3n) is 15.0. The molecule has 0 amide bonds. The summed E-state index contributed by atoms with van der Waals surface area (Å²) in [5.74, 6) is -0.866. The van der Waals surface area contributed by atoms with Crippen LogP contribution < -0.4 is 0 Å². The molecule has 0 saturated heterocycles. The fourth-order valence-electron chi connectivity index (χ4n) is 10.0. The summed E-state index contributed by atoms with van der Waals surface area (Å²) in [6.07, 6.45) is 75.3. The summed E-state index contributed by atoms with van der Waals surface area (Å²) in [7, 11) is 0. The fraction of sp³-hybridized carbons (Fsp3) is 0.896. The van der Waals surface area contributed by atoms with E-state index in [1.54, 1.807) is 0 Å². The van der Waals surface area contributed by atoms with Crippen LogP contribution in [-0.4, -0.2) is 37.2 Å². The van der Waals surface area contributed by atoms with Crippen molar-refractivity contribution in [3.63, 3.8) is 0 Å². The van der Waals surface area contributed by atoms with Crippen molar-refractivity contribution in [2.24, 2.45) is 0 Å². The van der Waals surface area contributed by atoms with Gasteiger partial charge in [-0.3, -0.25) is 14.4 Å². The molecule has 0 radical (unpaired) electrons. The fourth-order valence-corrected chi connectivity index (χ4v) is 10.0. The van der Waals surface area contributed by atoms with Crippen molar-refractivity contribution < 1.29 is 28.6 Å². The largest absolute Gasteiger partial charge is 0.462 e. The molecule has 0 aliphatic rings. The van der Waals surface area contributed by atoms with Crippen LogP contribution in [0.3, 0.4) is 0 Å². The van der Waals surface area contributed by atoms with E-state index in [0.717, 1.165) is 70.6 Å². The van der Waals surface area contributed by atoms with Gasteiger partial charge in [0.05, 0.1) is 0 Å². The maximum atomic E-state index is 12.8. The van der Waals surface area contributed by atoms with Crippen LogP contribution in [0.4, 0.5) is 0 Å². The number of esters is 3. The van der Waals surface area contributed by atoms with Crippen molar-refractivity contribution in [1.82, 2.24) is 0 Å². The molecule has 0 aromatic rings. The molecule has 0 aliphatic carbocycles. The van der Waals surface area contributed by atoms with E-state index >= 15 is 0 Å². The number of hydrogen-bond acceptors (Lipinski definition) is 6. The number of carbonyl (C=O) groups is 3. The van der Waals surface area contributed by atoms with E-state index in [0.29, 0.717) is 19.3 Å². The van der Waals surface area contributed by atoms with Gasteiger partial charge in [0.1, 0.15) is 13.2 Å². The van der Waals surface area contributed by atoms with Gasteiger partial charge in [-0.2, -0.15) is 0 Å². The first-order valence-corrected chi connectivity index (χ1v) is 32.8. The molecular weight excluding hydrogens is 901 g/mol. The van der Waals surface area contributed by atoms with Crippen molar-refractivity contribution in [3.05, 3.63) is 24.3 Å². The lowest BCUT2D eigenvalue weighted by Gasteiger charge is -2.18. The van der Waals surface area contributed by atoms with Gasteiger partial charge in [-0.05, 0) is 51.4 Å². The van der Waals surface area contributed by atoms with Crippen LogP contribution in [0.5, 0.6) is 0 Å². The van der Waals surface area contributed by atoms with Gasteiger partial charge in [-0.1, -0.05) is 321 Å². The van der Waals surface area contributed by atoms with Gasteiger partial charge >= 0.3 is 17.9 Å².